The summed E-state index contributed by atoms with van der Waals surface area (Å²) in [7, 11) is -2.99. The van der Waals surface area contributed by atoms with Gasteiger partial charge in [-0.2, -0.15) is 0 Å². The van der Waals surface area contributed by atoms with E-state index in [9.17, 15) is 12.8 Å². The normalized spacial score (nSPS) is 23.6. The summed E-state index contributed by atoms with van der Waals surface area (Å²) in [5.41, 5.74) is 6.42. The molecule has 1 aliphatic heterocycles. The standard InChI is InChI=1S/C11H15FN2O2S/c12-9-1-3-10(4-2-9)14-5-6-17(15,16)8-11(14)7-13/h1-4,11H,5-8,13H2. The van der Waals surface area contributed by atoms with Crippen LogP contribution < -0.4 is 10.6 Å². The lowest BCUT2D eigenvalue weighted by molar-refractivity contribution is 0.558. The fourth-order valence-corrected chi connectivity index (χ4v) is 3.60. The highest BCUT2D eigenvalue weighted by Crippen LogP contribution is 2.21. The van der Waals surface area contributed by atoms with Crippen molar-refractivity contribution in [3.63, 3.8) is 0 Å². The summed E-state index contributed by atoms with van der Waals surface area (Å²) in [5.74, 6) is -0.107. The lowest BCUT2D eigenvalue weighted by Gasteiger charge is -2.36. The van der Waals surface area contributed by atoms with Crippen molar-refractivity contribution >= 4 is 15.5 Å². The van der Waals surface area contributed by atoms with Crippen LogP contribution in [0.5, 0.6) is 0 Å². The van der Waals surface area contributed by atoms with Gasteiger partial charge >= 0.3 is 0 Å². The van der Waals surface area contributed by atoms with E-state index in [0.717, 1.165) is 5.69 Å². The predicted molar refractivity (Wildman–Crippen MR) is 65.2 cm³/mol. The highest BCUT2D eigenvalue weighted by molar-refractivity contribution is 7.91. The highest BCUT2D eigenvalue weighted by Gasteiger charge is 2.30. The van der Waals surface area contributed by atoms with Crippen molar-refractivity contribution < 1.29 is 12.8 Å². The molecule has 1 saturated heterocycles. The zero-order chi connectivity index (χ0) is 12.5. The van der Waals surface area contributed by atoms with E-state index in [1.165, 1.54) is 12.1 Å². The Kier molecular flexibility index (Phi) is 3.35. The molecule has 0 aromatic heterocycles. The highest BCUT2D eigenvalue weighted by atomic mass is 32.2. The average Bonchev–Trinajstić information content (AvgIpc) is 2.29. The Balaban J connectivity index is 2.23. The summed E-state index contributed by atoms with van der Waals surface area (Å²) in [4.78, 5) is 1.93. The monoisotopic (exact) mass is 258 g/mol. The first-order valence-corrected chi connectivity index (χ1v) is 7.27. The van der Waals surface area contributed by atoms with Gasteiger partial charge in [0.15, 0.2) is 9.84 Å². The summed E-state index contributed by atoms with van der Waals surface area (Å²) in [6.45, 7) is 0.687. The second-order valence-electron chi connectivity index (χ2n) is 4.17. The molecular weight excluding hydrogens is 243 g/mol. The van der Waals surface area contributed by atoms with Crippen LogP contribution >= 0.6 is 0 Å². The van der Waals surface area contributed by atoms with Crippen LogP contribution in [0.1, 0.15) is 0 Å². The van der Waals surface area contributed by atoms with Crippen molar-refractivity contribution in [1.82, 2.24) is 0 Å². The molecule has 0 amide bonds. The van der Waals surface area contributed by atoms with Gasteiger partial charge < -0.3 is 10.6 Å². The van der Waals surface area contributed by atoms with E-state index in [-0.39, 0.29) is 29.9 Å². The van der Waals surface area contributed by atoms with Crippen LogP contribution in [0.15, 0.2) is 24.3 Å². The molecule has 17 heavy (non-hydrogen) atoms. The first-order chi connectivity index (χ1) is 8.02. The van der Waals surface area contributed by atoms with Crippen LogP contribution in [0.3, 0.4) is 0 Å². The number of halogens is 1. The van der Waals surface area contributed by atoms with Gasteiger partial charge in [0.25, 0.3) is 0 Å². The molecule has 0 saturated carbocycles. The molecule has 2 N–H and O–H groups in total. The maximum absolute atomic E-state index is 12.8. The minimum atomic E-state index is -2.99. The van der Waals surface area contributed by atoms with Gasteiger partial charge in [-0.25, -0.2) is 12.8 Å². The molecular formula is C11H15FN2O2S. The Bertz CT molecular complexity index is 487. The number of anilines is 1. The first kappa shape index (κ1) is 12.3. The van der Waals surface area contributed by atoms with E-state index >= 15 is 0 Å². The summed E-state index contributed by atoms with van der Waals surface area (Å²) in [5, 5.41) is 0. The lowest BCUT2D eigenvalue weighted by Crippen LogP contribution is -2.52. The number of hydrogen-bond acceptors (Lipinski definition) is 4. The fourth-order valence-electron chi connectivity index (χ4n) is 2.05. The number of benzene rings is 1. The fraction of sp³-hybridized carbons (Fsp3) is 0.455. The molecule has 0 aliphatic carbocycles. The van der Waals surface area contributed by atoms with E-state index in [1.54, 1.807) is 12.1 Å². The maximum atomic E-state index is 12.8. The van der Waals surface area contributed by atoms with Gasteiger partial charge in [0, 0.05) is 18.8 Å². The minimum absolute atomic E-state index is 0.0703. The molecule has 6 heteroatoms. The first-order valence-electron chi connectivity index (χ1n) is 5.44. The molecule has 1 aromatic carbocycles. The number of nitrogens with zero attached hydrogens (tertiary/aromatic N) is 1. The molecule has 1 unspecified atom stereocenters. The van der Waals surface area contributed by atoms with Gasteiger partial charge in [0.05, 0.1) is 17.5 Å². The zero-order valence-electron chi connectivity index (χ0n) is 9.34. The largest absolute Gasteiger partial charge is 0.365 e. The third kappa shape index (κ3) is 2.76. The van der Waals surface area contributed by atoms with Crippen molar-refractivity contribution in [2.24, 2.45) is 5.73 Å². The summed E-state index contributed by atoms with van der Waals surface area (Å²) in [6, 6.07) is 5.81. The Morgan fingerprint density at radius 1 is 1.35 bits per heavy atom. The maximum Gasteiger partial charge on any atom is 0.154 e. The van der Waals surface area contributed by atoms with Crippen LogP contribution in [-0.4, -0.2) is 39.1 Å². The van der Waals surface area contributed by atoms with Crippen molar-refractivity contribution in [3.05, 3.63) is 30.1 Å². The van der Waals surface area contributed by atoms with Gasteiger partial charge in [0.2, 0.25) is 0 Å². The van der Waals surface area contributed by atoms with Gasteiger partial charge in [-0.15, -0.1) is 0 Å². The van der Waals surface area contributed by atoms with Crippen LogP contribution in [0.4, 0.5) is 10.1 Å². The molecule has 0 radical (unpaired) electrons. The minimum Gasteiger partial charge on any atom is -0.365 e. The quantitative estimate of drug-likeness (QED) is 0.833. The van der Waals surface area contributed by atoms with Crippen molar-refractivity contribution in [2.45, 2.75) is 6.04 Å². The zero-order valence-corrected chi connectivity index (χ0v) is 10.2. The molecule has 1 fully saturated rings. The number of nitrogens with two attached hydrogens (primary N) is 1. The number of sulfone groups is 1. The van der Waals surface area contributed by atoms with Gasteiger partial charge in [0.1, 0.15) is 5.82 Å². The summed E-state index contributed by atoms with van der Waals surface area (Å²) >= 11 is 0. The van der Waals surface area contributed by atoms with E-state index in [0.29, 0.717) is 6.54 Å². The van der Waals surface area contributed by atoms with Crippen molar-refractivity contribution in [1.29, 1.82) is 0 Å². The molecule has 94 valence electrons. The molecule has 1 heterocycles. The smallest absolute Gasteiger partial charge is 0.154 e. The lowest BCUT2D eigenvalue weighted by atomic mass is 10.2. The van der Waals surface area contributed by atoms with Crippen LogP contribution in [-0.2, 0) is 9.84 Å². The van der Waals surface area contributed by atoms with E-state index in [2.05, 4.69) is 0 Å². The SMILES string of the molecule is NCC1CS(=O)(=O)CCN1c1ccc(F)cc1. The molecule has 4 nitrogen and oxygen atoms in total. The molecule has 1 aromatic rings. The number of rotatable bonds is 2. The third-order valence-electron chi connectivity index (χ3n) is 2.96. The van der Waals surface area contributed by atoms with Crippen LogP contribution in [0.25, 0.3) is 0 Å². The second kappa shape index (κ2) is 4.62. The van der Waals surface area contributed by atoms with Crippen molar-refractivity contribution in [3.8, 4) is 0 Å². The molecule has 0 bridgehead atoms. The van der Waals surface area contributed by atoms with E-state index in [4.69, 9.17) is 5.73 Å². The number of hydrogen-bond donors (Lipinski definition) is 1. The van der Waals surface area contributed by atoms with Gasteiger partial charge in [-0.1, -0.05) is 0 Å². The van der Waals surface area contributed by atoms with Crippen LogP contribution in [0, 0.1) is 5.82 Å². The molecule has 1 aliphatic rings. The Hall–Kier alpha value is -1.14. The summed E-state index contributed by atoms with van der Waals surface area (Å²) in [6.07, 6.45) is 0. The van der Waals surface area contributed by atoms with Crippen molar-refractivity contribution in [2.75, 3.05) is 29.5 Å². The molecule has 0 spiro atoms. The third-order valence-corrected chi connectivity index (χ3v) is 4.66. The van der Waals surface area contributed by atoms with Gasteiger partial charge in [-0.05, 0) is 24.3 Å². The predicted octanol–water partition coefficient (Wildman–Crippen LogP) is 0.388. The van der Waals surface area contributed by atoms with Crippen LogP contribution in [0.2, 0.25) is 0 Å². The average molecular weight is 258 g/mol. The Labute approximate surface area is 100 Å². The second-order valence-corrected chi connectivity index (χ2v) is 6.40. The van der Waals surface area contributed by atoms with E-state index in [1.807, 2.05) is 4.90 Å². The Morgan fingerprint density at radius 3 is 2.59 bits per heavy atom. The van der Waals surface area contributed by atoms with Gasteiger partial charge in [-0.3, -0.25) is 0 Å². The molecule has 2 rings (SSSR count). The topological polar surface area (TPSA) is 63.4 Å². The van der Waals surface area contributed by atoms with E-state index < -0.39 is 9.84 Å². The molecule has 1 atom stereocenters. The Morgan fingerprint density at radius 2 is 2.00 bits per heavy atom. The summed E-state index contributed by atoms with van der Waals surface area (Å²) < 4.78 is 35.8.